The fourth-order valence-electron chi connectivity index (χ4n) is 2.29. The Balaban J connectivity index is 1.70. The predicted molar refractivity (Wildman–Crippen MR) is 87.1 cm³/mol. The van der Waals surface area contributed by atoms with E-state index in [2.05, 4.69) is 56.5 Å². The average molecular weight is 345 g/mol. The van der Waals surface area contributed by atoms with Crippen LogP contribution in [0.1, 0.15) is 29.8 Å². The summed E-state index contributed by atoms with van der Waals surface area (Å²) in [6.45, 7) is 4.89. The molecule has 4 nitrogen and oxygen atoms in total. The highest BCUT2D eigenvalue weighted by Gasteiger charge is 2.06. The number of aromatic nitrogens is 3. The average Bonchev–Trinajstić information content (AvgIpc) is 2.84. The van der Waals surface area contributed by atoms with E-state index in [0.29, 0.717) is 0 Å². The molecule has 0 bridgehead atoms. The van der Waals surface area contributed by atoms with Gasteiger partial charge in [0.05, 0.1) is 5.69 Å². The minimum atomic E-state index is 0.276. The largest absolute Gasteiger partial charge is 0.306 e. The van der Waals surface area contributed by atoms with Gasteiger partial charge in [-0.25, -0.2) is 9.50 Å². The second-order valence-corrected chi connectivity index (χ2v) is 6.12. The Labute approximate surface area is 132 Å². The van der Waals surface area contributed by atoms with Crippen molar-refractivity contribution in [3.05, 3.63) is 64.0 Å². The van der Waals surface area contributed by atoms with Gasteiger partial charge in [0.25, 0.3) is 0 Å². The van der Waals surface area contributed by atoms with Gasteiger partial charge in [-0.2, -0.15) is 5.10 Å². The van der Waals surface area contributed by atoms with E-state index >= 15 is 0 Å². The Morgan fingerprint density at radius 2 is 2.19 bits per heavy atom. The number of hydrogen-bond acceptors (Lipinski definition) is 3. The summed E-state index contributed by atoms with van der Waals surface area (Å²) in [5.41, 5.74) is 4.24. The highest BCUT2D eigenvalue weighted by atomic mass is 79.9. The molecule has 3 rings (SSSR count). The van der Waals surface area contributed by atoms with Gasteiger partial charge in [-0.05, 0) is 31.5 Å². The fraction of sp³-hybridized carbons (Fsp3) is 0.250. The number of nitrogens with zero attached hydrogens (tertiary/aromatic N) is 3. The SMILES string of the molecule is Cc1cc2ncc(CN[C@@H](C)c3cccc(Br)c3)cn2n1. The highest BCUT2D eigenvalue weighted by molar-refractivity contribution is 9.10. The lowest BCUT2D eigenvalue weighted by Gasteiger charge is -2.14. The van der Waals surface area contributed by atoms with Crippen LogP contribution in [0.25, 0.3) is 5.65 Å². The molecule has 0 unspecified atom stereocenters. The first-order chi connectivity index (χ1) is 10.1. The molecule has 2 heterocycles. The van der Waals surface area contributed by atoms with Crippen LogP contribution in [0.2, 0.25) is 0 Å². The molecule has 0 radical (unpaired) electrons. The van der Waals surface area contributed by atoms with E-state index < -0.39 is 0 Å². The Bertz CT molecular complexity index is 766. The summed E-state index contributed by atoms with van der Waals surface area (Å²) >= 11 is 3.51. The lowest BCUT2D eigenvalue weighted by molar-refractivity contribution is 0.571. The molecular formula is C16H17BrN4. The number of halogens is 1. The summed E-state index contributed by atoms with van der Waals surface area (Å²) in [6, 6.07) is 10.6. The summed E-state index contributed by atoms with van der Waals surface area (Å²) in [7, 11) is 0. The smallest absolute Gasteiger partial charge is 0.155 e. The molecule has 0 saturated carbocycles. The van der Waals surface area contributed by atoms with Gasteiger partial charge in [0, 0.05) is 41.1 Å². The third-order valence-corrected chi connectivity index (χ3v) is 3.94. The first-order valence-electron chi connectivity index (χ1n) is 6.91. The molecule has 5 heteroatoms. The molecule has 1 aromatic carbocycles. The molecule has 21 heavy (non-hydrogen) atoms. The van der Waals surface area contributed by atoms with Crippen LogP contribution in [0, 0.1) is 6.92 Å². The van der Waals surface area contributed by atoms with E-state index in [1.165, 1.54) is 5.56 Å². The first kappa shape index (κ1) is 14.2. The fourth-order valence-corrected chi connectivity index (χ4v) is 2.71. The van der Waals surface area contributed by atoms with E-state index in [1.807, 2.05) is 36.0 Å². The summed E-state index contributed by atoms with van der Waals surface area (Å²) < 4.78 is 2.93. The molecule has 0 amide bonds. The molecule has 3 aromatic rings. The molecule has 1 N–H and O–H groups in total. The van der Waals surface area contributed by atoms with Gasteiger partial charge in [0.2, 0.25) is 0 Å². The van der Waals surface area contributed by atoms with Crippen molar-refractivity contribution in [3.8, 4) is 0 Å². The highest BCUT2D eigenvalue weighted by Crippen LogP contribution is 2.18. The number of aryl methyl sites for hydroxylation is 1. The normalized spacial score (nSPS) is 12.7. The molecule has 0 saturated heterocycles. The number of rotatable bonds is 4. The van der Waals surface area contributed by atoms with E-state index in [9.17, 15) is 0 Å². The maximum absolute atomic E-state index is 4.42. The van der Waals surface area contributed by atoms with Crippen molar-refractivity contribution in [1.29, 1.82) is 0 Å². The zero-order chi connectivity index (χ0) is 14.8. The monoisotopic (exact) mass is 344 g/mol. The van der Waals surface area contributed by atoms with Crippen molar-refractivity contribution in [2.75, 3.05) is 0 Å². The Kier molecular flexibility index (Phi) is 4.03. The second kappa shape index (κ2) is 5.95. The topological polar surface area (TPSA) is 42.2 Å². The van der Waals surface area contributed by atoms with Crippen LogP contribution >= 0.6 is 15.9 Å². The zero-order valence-corrected chi connectivity index (χ0v) is 13.6. The van der Waals surface area contributed by atoms with E-state index in [4.69, 9.17) is 0 Å². The first-order valence-corrected chi connectivity index (χ1v) is 7.71. The minimum absolute atomic E-state index is 0.276. The number of hydrogen-bond donors (Lipinski definition) is 1. The molecule has 108 valence electrons. The van der Waals surface area contributed by atoms with Gasteiger partial charge in [0.1, 0.15) is 0 Å². The van der Waals surface area contributed by atoms with Crippen LogP contribution in [-0.4, -0.2) is 14.6 Å². The van der Waals surface area contributed by atoms with Crippen molar-refractivity contribution < 1.29 is 0 Å². The van der Waals surface area contributed by atoms with Crippen molar-refractivity contribution in [1.82, 2.24) is 19.9 Å². The van der Waals surface area contributed by atoms with Crippen molar-refractivity contribution in [3.63, 3.8) is 0 Å². The maximum atomic E-state index is 4.42. The van der Waals surface area contributed by atoms with Crippen LogP contribution in [-0.2, 0) is 6.54 Å². The molecule has 1 atom stereocenters. The number of nitrogens with one attached hydrogen (secondary N) is 1. The van der Waals surface area contributed by atoms with Crippen molar-refractivity contribution in [2.45, 2.75) is 26.4 Å². The summed E-state index contributed by atoms with van der Waals surface area (Å²) in [6.07, 6.45) is 3.92. The van der Waals surface area contributed by atoms with Crippen LogP contribution in [0.5, 0.6) is 0 Å². The predicted octanol–water partition coefficient (Wildman–Crippen LogP) is 3.65. The molecule has 0 fully saturated rings. The van der Waals surface area contributed by atoms with Gasteiger partial charge >= 0.3 is 0 Å². The van der Waals surface area contributed by atoms with E-state index in [0.717, 1.165) is 27.9 Å². The van der Waals surface area contributed by atoms with Crippen LogP contribution in [0.3, 0.4) is 0 Å². The third kappa shape index (κ3) is 3.31. The Morgan fingerprint density at radius 3 is 3.00 bits per heavy atom. The van der Waals surface area contributed by atoms with Crippen LogP contribution in [0.15, 0.2) is 47.2 Å². The summed E-state index contributed by atoms with van der Waals surface area (Å²) in [5, 5.41) is 7.90. The van der Waals surface area contributed by atoms with Crippen molar-refractivity contribution in [2.24, 2.45) is 0 Å². The molecule has 0 aliphatic heterocycles. The summed E-state index contributed by atoms with van der Waals surface area (Å²) in [4.78, 5) is 4.42. The number of benzene rings is 1. The third-order valence-electron chi connectivity index (χ3n) is 3.45. The van der Waals surface area contributed by atoms with Crippen molar-refractivity contribution >= 4 is 21.6 Å². The molecule has 0 aliphatic carbocycles. The van der Waals surface area contributed by atoms with Gasteiger partial charge < -0.3 is 5.32 Å². The number of fused-ring (bicyclic) bond motifs is 1. The van der Waals surface area contributed by atoms with Gasteiger partial charge in [-0.3, -0.25) is 0 Å². The molecule has 0 spiro atoms. The molecule has 0 aliphatic rings. The van der Waals surface area contributed by atoms with Crippen LogP contribution < -0.4 is 5.32 Å². The molecule has 2 aromatic heterocycles. The van der Waals surface area contributed by atoms with Gasteiger partial charge in [0.15, 0.2) is 5.65 Å². The van der Waals surface area contributed by atoms with Gasteiger partial charge in [-0.15, -0.1) is 0 Å². The quantitative estimate of drug-likeness (QED) is 0.785. The minimum Gasteiger partial charge on any atom is -0.306 e. The standard InChI is InChI=1S/C16H17BrN4/c1-11-6-16-19-9-13(10-21(16)20-11)8-18-12(2)14-4-3-5-15(17)7-14/h3-7,9-10,12,18H,8H2,1-2H3/t12-/m0/s1. The van der Waals surface area contributed by atoms with E-state index in [1.54, 1.807) is 0 Å². The lowest BCUT2D eigenvalue weighted by Crippen LogP contribution is -2.18. The summed E-state index contributed by atoms with van der Waals surface area (Å²) in [5.74, 6) is 0. The van der Waals surface area contributed by atoms with Crippen LogP contribution in [0.4, 0.5) is 0 Å². The molecular weight excluding hydrogens is 328 g/mol. The van der Waals surface area contributed by atoms with Gasteiger partial charge in [-0.1, -0.05) is 28.1 Å². The Morgan fingerprint density at radius 1 is 1.33 bits per heavy atom. The maximum Gasteiger partial charge on any atom is 0.155 e. The second-order valence-electron chi connectivity index (χ2n) is 5.21. The van der Waals surface area contributed by atoms with E-state index in [-0.39, 0.29) is 6.04 Å². The lowest BCUT2D eigenvalue weighted by atomic mass is 10.1. The Hall–Kier alpha value is -1.72. The zero-order valence-electron chi connectivity index (χ0n) is 12.0.